The van der Waals surface area contributed by atoms with E-state index in [0.717, 1.165) is 0 Å². The Morgan fingerprint density at radius 1 is 0.417 bits per heavy atom. The van der Waals surface area contributed by atoms with Crippen molar-refractivity contribution >= 4 is 47.4 Å². The molecule has 0 atom stereocenters. The third-order valence-corrected chi connectivity index (χ3v) is 2.81. The molecule has 0 amide bonds. The Morgan fingerprint density at radius 2 is 0.750 bits per heavy atom. The summed E-state index contributed by atoms with van der Waals surface area (Å²) in [6.45, 7) is -0.726. The molecular weight excluding hydrogens is 496 g/mol. The normalized spacial score (nSPS) is 9.44. The van der Waals surface area contributed by atoms with Crippen molar-refractivity contribution in [1.29, 1.82) is 0 Å². The van der Waals surface area contributed by atoms with Crippen LogP contribution in [0.4, 0.5) is 0 Å². The third kappa shape index (κ3) is 24.7. The zero-order valence-electron chi connectivity index (χ0n) is 20.2. The molecule has 0 saturated carbocycles. The van der Waals surface area contributed by atoms with Crippen LogP contribution < -0.4 is 0 Å². The first-order valence-electron chi connectivity index (χ1n) is 9.81. The van der Waals surface area contributed by atoms with Crippen LogP contribution >= 0.6 is 0 Å². The van der Waals surface area contributed by atoms with E-state index in [1.165, 1.54) is 28.1 Å². The molecule has 0 bridgehead atoms. The van der Waals surface area contributed by atoms with Gasteiger partial charge < -0.3 is 37.9 Å². The molecule has 0 N–H and O–H groups in total. The molecule has 0 aliphatic carbocycles. The molecule has 16 heteroatoms. The average molecular weight is 524 g/mol. The Bertz CT molecular complexity index is 772. The molecule has 16 nitrogen and oxygen atoms in total. The Morgan fingerprint density at radius 3 is 1.14 bits per heavy atom. The highest BCUT2D eigenvalue weighted by Gasteiger charge is 2.15. The summed E-state index contributed by atoms with van der Waals surface area (Å²) < 4.78 is 35.5. The highest BCUT2D eigenvalue weighted by atomic mass is 16.7. The largest absolute Gasteiger partial charge is 0.457 e. The minimum atomic E-state index is -0.946. The lowest BCUT2D eigenvalue weighted by molar-refractivity contribution is -0.168. The van der Waals surface area contributed by atoms with Crippen LogP contribution in [-0.4, -0.2) is 108 Å². The zero-order valence-corrected chi connectivity index (χ0v) is 20.2. The van der Waals surface area contributed by atoms with Crippen LogP contribution in [0.5, 0.6) is 0 Å². The van der Waals surface area contributed by atoms with Crippen LogP contribution in [0.3, 0.4) is 0 Å². The quantitative estimate of drug-likeness (QED) is 0.0929. The Labute approximate surface area is 205 Å². The van der Waals surface area contributed by atoms with Crippen molar-refractivity contribution in [2.24, 2.45) is 0 Å². The molecule has 0 aliphatic rings. The first kappa shape index (κ1) is 34.2. The average Bonchev–Trinajstić information content (AvgIpc) is 2.81. The number of carbonyl (C=O) groups excluding carboxylic acids is 8. The van der Waals surface area contributed by atoms with Crippen LogP contribution in [0.2, 0.25) is 0 Å². The van der Waals surface area contributed by atoms with Crippen molar-refractivity contribution in [3.8, 4) is 0 Å². The summed E-state index contributed by atoms with van der Waals surface area (Å²) in [5.41, 5.74) is 0. The second-order valence-corrected chi connectivity index (χ2v) is 6.24. The van der Waals surface area contributed by atoms with Gasteiger partial charge in [0.05, 0.1) is 0 Å². The standard InChI is InChI=1S/2C10H14O8/c1-7(11)4-16-8(12)3-9(13)17-5-10(14)18-6-15-2;1-7(11)3-16-9(13)5-18-10(14)6-17-8(12)4-15-2/h2*3-6H2,1-2H3. The number of hydrogen-bond acceptors (Lipinski definition) is 16. The zero-order chi connectivity index (χ0) is 27.9. The van der Waals surface area contributed by atoms with Gasteiger partial charge in [0.1, 0.15) is 26.2 Å². The highest BCUT2D eigenvalue weighted by molar-refractivity contribution is 5.93. The topological polar surface area (TPSA) is 210 Å². The van der Waals surface area contributed by atoms with E-state index in [1.54, 1.807) is 0 Å². The van der Waals surface area contributed by atoms with Gasteiger partial charge in [-0.25, -0.2) is 19.2 Å². The number of ether oxygens (including phenoxy) is 8. The van der Waals surface area contributed by atoms with Crippen molar-refractivity contribution < 1.29 is 76.3 Å². The van der Waals surface area contributed by atoms with Crippen molar-refractivity contribution in [2.45, 2.75) is 20.3 Å². The monoisotopic (exact) mass is 524 g/mol. The fourth-order valence-corrected chi connectivity index (χ4v) is 1.41. The van der Waals surface area contributed by atoms with Gasteiger partial charge >= 0.3 is 35.8 Å². The molecule has 36 heavy (non-hydrogen) atoms. The number of rotatable bonds is 16. The first-order chi connectivity index (χ1) is 16.9. The van der Waals surface area contributed by atoms with E-state index < -0.39 is 68.7 Å². The van der Waals surface area contributed by atoms with E-state index in [4.69, 9.17) is 0 Å². The van der Waals surface area contributed by atoms with Gasteiger partial charge in [0.2, 0.25) is 0 Å². The molecule has 0 aromatic heterocycles. The van der Waals surface area contributed by atoms with Crippen molar-refractivity contribution in [2.75, 3.05) is 60.7 Å². The molecular formula is C20H28O16. The molecule has 0 rings (SSSR count). The van der Waals surface area contributed by atoms with E-state index in [0.29, 0.717) is 0 Å². The fraction of sp³-hybridized carbons (Fsp3) is 0.600. The number of carbonyl (C=O) groups is 8. The molecule has 0 aromatic carbocycles. The highest BCUT2D eigenvalue weighted by Crippen LogP contribution is 1.93. The summed E-state index contributed by atoms with van der Waals surface area (Å²) in [6, 6.07) is 0. The summed E-state index contributed by atoms with van der Waals surface area (Å²) in [6.07, 6.45) is -0.676. The molecule has 0 aromatic rings. The predicted molar refractivity (Wildman–Crippen MR) is 111 cm³/mol. The van der Waals surface area contributed by atoms with Gasteiger partial charge in [0.25, 0.3) is 0 Å². The Kier molecular flexibility index (Phi) is 20.6. The summed E-state index contributed by atoms with van der Waals surface area (Å²) >= 11 is 0. The molecule has 0 radical (unpaired) electrons. The smallest absolute Gasteiger partial charge is 0.346 e. The summed E-state index contributed by atoms with van der Waals surface area (Å²) in [7, 11) is 2.62. The van der Waals surface area contributed by atoms with Crippen LogP contribution in [-0.2, 0) is 76.3 Å². The lowest BCUT2D eigenvalue weighted by Crippen LogP contribution is -2.23. The lowest BCUT2D eigenvalue weighted by Gasteiger charge is -2.05. The maximum absolute atomic E-state index is 11.0. The molecule has 0 fully saturated rings. The van der Waals surface area contributed by atoms with E-state index in [1.807, 2.05) is 0 Å². The van der Waals surface area contributed by atoms with E-state index >= 15 is 0 Å². The molecule has 0 saturated heterocycles. The summed E-state index contributed by atoms with van der Waals surface area (Å²) in [4.78, 5) is 86.5. The van der Waals surface area contributed by atoms with Gasteiger partial charge in [0.15, 0.2) is 38.2 Å². The lowest BCUT2D eigenvalue weighted by atomic mass is 10.4. The van der Waals surface area contributed by atoms with E-state index in [9.17, 15) is 38.4 Å². The Hall–Kier alpha value is -3.92. The van der Waals surface area contributed by atoms with Gasteiger partial charge in [0, 0.05) is 14.2 Å². The van der Waals surface area contributed by atoms with Gasteiger partial charge in [-0.1, -0.05) is 0 Å². The van der Waals surface area contributed by atoms with Crippen LogP contribution in [0.25, 0.3) is 0 Å². The summed E-state index contributed by atoms with van der Waals surface area (Å²) in [5.74, 6) is -5.82. The van der Waals surface area contributed by atoms with E-state index in [-0.39, 0.29) is 31.6 Å². The third-order valence-electron chi connectivity index (χ3n) is 2.81. The number of methoxy groups -OCH3 is 2. The maximum Gasteiger partial charge on any atom is 0.346 e. The first-order valence-corrected chi connectivity index (χ1v) is 9.81. The predicted octanol–water partition coefficient (Wildman–Crippen LogP) is -1.95. The van der Waals surface area contributed by atoms with E-state index in [2.05, 4.69) is 37.9 Å². The number of esters is 6. The number of Topliss-reactive ketones (excluding diaryl/α,β-unsaturated/α-hetero) is 2. The van der Waals surface area contributed by atoms with Crippen LogP contribution in [0, 0.1) is 0 Å². The van der Waals surface area contributed by atoms with Crippen LogP contribution in [0.1, 0.15) is 20.3 Å². The molecule has 0 heterocycles. The van der Waals surface area contributed by atoms with Gasteiger partial charge in [-0.2, -0.15) is 0 Å². The van der Waals surface area contributed by atoms with Gasteiger partial charge in [-0.3, -0.25) is 19.2 Å². The molecule has 0 unspecified atom stereocenters. The Balaban J connectivity index is 0. The molecule has 204 valence electrons. The molecule has 0 spiro atoms. The van der Waals surface area contributed by atoms with Gasteiger partial charge in [-0.15, -0.1) is 0 Å². The number of ketones is 2. The summed E-state index contributed by atoms with van der Waals surface area (Å²) in [5, 5.41) is 0. The SMILES string of the molecule is COCC(=O)OCC(=O)OCC(=O)OCC(C)=O.COCOC(=O)COC(=O)CC(=O)OCC(C)=O. The fourth-order valence-electron chi connectivity index (χ4n) is 1.41. The van der Waals surface area contributed by atoms with Gasteiger partial charge in [-0.05, 0) is 13.8 Å². The second-order valence-electron chi connectivity index (χ2n) is 6.24. The van der Waals surface area contributed by atoms with Crippen LogP contribution in [0.15, 0.2) is 0 Å². The minimum absolute atomic E-state index is 0.253. The molecule has 0 aliphatic heterocycles. The second kappa shape index (κ2) is 21.6. The number of hydrogen-bond donors (Lipinski definition) is 0. The van der Waals surface area contributed by atoms with Crippen molar-refractivity contribution in [1.82, 2.24) is 0 Å². The van der Waals surface area contributed by atoms with Crippen molar-refractivity contribution in [3.05, 3.63) is 0 Å². The minimum Gasteiger partial charge on any atom is -0.457 e. The maximum atomic E-state index is 11.0. The van der Waals surface area contributed by atoms with Crippen molar-refractivity contribution in [3.63, 3.8) is 0 Å².